The molecule has 1 amide bonds. The van der Waals surface area contributed by atoms with Crippen LogP contribution in [0.1, 0.15) is 70.0 Å². The molecule has 0 saturated carbocycles. The molecule has 6 nitrogen and oxygen atoms in total. The van der Waals surface area contributed by atoms with Gasteiger partial charge in [0.1, 0.15) is 11.4 Å². The number of hydrogen-bond donors (Lipinski definition) is 1. The first-order valence-electron chi connectivity index (χ1n) is 13.5. The average molecular weight is 551 g/mol. The molecule has 2 aromatic heterocycles. The van der Waals surface area contributed by atoms with E-state index in [1.807, 2.05) is 45.0 Å². The van der Waals surface area contributed by atoms with Crippen molar-refractivity contribution in [2.75, 3.05) is 12.3 Å². The quantitative estimate of drug-likeness (QED) is 0.335. The number of halogens is 3. The van der Waals surface area contributed by atoms with Crippen molar-refractivity contribution in [2.24, 2.45) is 0 Å². The van der Waals surface area contributed by atoms with Crippen LogP contribution in [0.15, 0.2) is 54.9 Å². The lowest BCUT2D eigenvalue weighted by atomic mass is 9.85. The Labute approximate surface area is 232 Å². The molecule has 0 radical (unpaired) electrons. The van der Waals surface area contributed by atoms with E-state index in [9.17, 15) is 18.0 Å². The largest absolute Gasteiger partial charge is 0.444 e. The van der Waals surface area contributed by atoms with Gasteiger partial charge >= 0.3 is 6.09 Å². The van der Waals surface area contributed by atoms with Gasteiger partial charge in [-0.2, -0.15) is 4.39 Å². The summed E-state index contributed by atoms with van der Waals surface area (Å²) < 4.78 is 47.5. The number of rotatable bonds is 4. The number of carbonyl (C=O) groups excluding carboxylic acids is 1. The van der Waals surface area contributed by atoms with E-state index in [0.29, 0.717) is 17.7 Å². The molecule has 5 rings (SSSR count). The van der Waals surface area contributed by atoms with Crippen LogP contribution in [0.4, 0.5) is 23.8 Å². The molecule has 1 aliphatic carbocycles. The molecule has 1 aromatic carbocycles. The summed E-state index contributed by atoms with van der Waals surface area (Å²) in [6.45, 7) is 6.03. The fourth-order valence-corrected chi connectivity index (χ4v) is 5.41. The lowest BCUT2D eigenvalue weighted by Gasteiger charge is -2.31. The number of hydrogen-bond acceptors (Lipinski definition) is 5. The highest BCUT2D eigenvalue weighted by Gasteiger charge is 2.36. The summed E-state index contributed by atoms with van der Waals surface area (Å²) in [6.07, 6.45) is 5.49. The zero-order valence-corrected chi connectivity index (χ0v) is 22.9. The fraction of sp³-hybridized carbons (Fsp3) is 0.387. The highest BCUT2D eigenvalue weighted by Crippen LogP contribution is 2.43. The van der Waals surface area contributed by atoms with Crippen LogP contribution in [0.25, 0.3) is 27.8 Å². The Bertz CT molecular complexity index is 1470. The molecule has 0 unspecified atom stereocenters. The third-order valence-electron chi connectivity index (χ3n) is 7.33. The van der Waals surface area contributed by atoms with Crippen molar-refractivity contribution in [2.45, 2.75) is 70.4 Å². The summed E-state index contributed by atoms with van der Waals surface area (Å²) in [7, 11) is 0. The van der Waals surface area contributed by atoms with E-state index >= 15 is 0 Å². The maximum absolute atomic E-state index is 14.0. The van der Waals surface area contributed by atoms with Gasteiger partial charge in [0.25, 0.3) is 5.92 Å². The highest BCUT2D eigenvalue weighted by molar-refractivity contribution is 5.81. The first-order valence-corrected chi connectivity index (χ1v) is 13.5. The predicted molar refractivity (Wildman–Crippen MR) is 149 cm³/mol. The highest BCUT2D eigenvalue weighted by atomic mass is 19.3. The van der Waals surface area contributed by atoms with Crippen molar-refractivity contribution in [1.29, 1.82) is 0 Å². The fourth-order valence-electron chi connectivity index (χ4n) is 5.41. The standard InChI is InChI=1S/C31H33F3N4O2/c1-30(2,3)40-29(39)38-14-4-5-26(38)25-15-20(6-7-23(25)19-8-11-31(33,34)12-9-19)22-16-24(28(35)37-18-22)21-10-13-36-27(32)17-21/h6-8,10,13,15-18,26H,4-5,9,11-12,14H2,1-3H3,(H2,35,37)/t26-/m0/s1. The van der Waals surface area contributed by atoms with E-state index in [-0.39, 0.29) is 31.1 Å². The van der Waals surface area contributed by atoms with E-state index < -0.39 is 23.6 Å². The number of likely N-dealkylation sites (tertiary alicyclic amines) is 1. The predicted octanol–water partition coefficient (Wildman–Crippen LogP) is 7.81. The van der Waals surface area contributed by atoms with Crippen molar-refractivity contribution < 1.29 is 22.7 Å². The number of allylic oxidation sites excluding steroid dienone is 2. The lowest BCUT2D eigenvalue weighted by molar-refractivity contribution is -0.00604. The minimum atomic E-state index is -2.71. The van der Waals surface area contributed by atoms with Crippen LogP contribution in [0, 0.1) is 5.95 Å². The number of pyridine rings is 2. The molecule has 210 valence electrons. The second-order valence-corrected chi connectivity index (χ2v) is 11.4. The Morgan fingerprint density at radius 3 is 2.58 bits per heavy atom. The van der Waals surface area contributed by atoms with Gasteiger partial charge in [0.15, 0.2) is 0 Å². The number of benzene rings is 1. The molecule has 9 heteroatoms. The summed E-state index contributed by atoms with van der Waals surface area (Å²) in [5.41, 5.74) is 10.8. The van der Waals surface area contributed by atoms with Gasteiger partial charge in [-0.3, -0.25) is 0 Å². The maximum atomic E-state index is 14.0. The molecule has 1 aliphatic heterocycles. The Kier molecular flexibility index (Phi) is 7.33. The SMILES string of the molecule is CC(C)(C)OC(=O)N1CCC[C@H]1c1cc(-c2cnc(N)c(-c3ccnc(F)c3)c2)ccc1C1=CCC(F)(F)CC1. The van der Waals surface area contributed by atoms with Gasteiger partial charge in [0.05, 0.1) is 6.04 Å². The first-order chi connectivity index (χ1) is 18.9. The number of nitrogen functional groups attached to an aromatic ring is 1. The van der Waals surface area contributed by atoms with Crippen LogP contribution in [-0.4, -0.2) is 39.0 Å². The summed E-state index contributed by atoms with van der Waals surface area (Å²) >= 11 is 0. The van der Waals surface area contributed by atoms with Crippen LogP contribution in [0.2, 0.25) is 0 Å². The molecule has 1 saturated heterocycles. The van der Waals surface area contributed by atoms with Crippen LogP contribution in [-0.2, 0) is 4.74 Å². The molecule has 0 bridgehead atoms. The zero-order valence-electron chi connectivity index (χ0n) is 22.9. The maximum Gasteiger partial charge on any atom is 0.410 e. The summed E-state index contributed by atoms with van der Waals surface area (Å²) in [5.74, 6) is -3.08. The molecular formula is C31H33F3N4O2. The molecule has 1 atom stereocenters. The minimum Gasteiger partial charge on any atom is -0.444 e. The summed E-state index contributed by atoms with van der Waals surface area (Å²) in [5, 5.41) is 0. The van der Waals surface area contributed by atoms with Gasteiger partial charge in [-0.25, -0.2) is 23.5 Å². The number of carbonyl (C=O) groups is 1. The number of nitrogens with zero attached hydrogens (tertiary/aromatic N) is 3. The minimum absolute atomic E-state index is 0.214. The van der Waals surface area contributed by atoms with Crippen molar-refractivity contribution >= 4 is 17.5 Å². The smallest absolute Gasteiger partial charge is 0.410 e. The number of aromatic nitrogens is 2. The topological polar surface area (TPSA) is 81.3 Å². The van der Waals surface area contributed by atoms with Gasteiger partial charge < -0.3 is 15.4 Å². The Hall–Kier alpha value is -3.88. The van der Waals surface area contributed by atoms with Gasteiger partial charge in [-0.1, -0.05) is 18.2 Å². The second kappa shape index (κ2) is 10.6. The number of nitrogens with two attached hydrogens (primary N) is 1. The summed E-state index contributed by atoms with van der Waals surface area (Å²) in [6, 6.07) is 10.4. The van der Waals surface area contributed by atoms with Crippen LogP contribution < -0.4 is 5.73 Å². The van der Waals surface area contributed by atoms with Gasteiger partial charge in [-0.05, 0) is 86.1 Å². The number of amides is 1. The average Bonchev–Trinajstić information content (AvgIpc) is 3.38. The molecular weight excluding hydrogens is 517 g/mol. The van der Waals surface area contributed by atoms with Gasteiger partial charge in [-0.15, -0.1) is 0 Å². The van der Waals surface area contributed by atoms with E-state index in [1.165, 1.54) is 12.3 Å². The number of anilines is 1. The third-order valence-corrected chi connectivity index (χ3v) is 7.33. The molecule has 3 heterocycles. The van der Waals surface area contributed by atoms with E-state index in [4.69, 9.17) is 10.5 Å². The molecule has 40 heavy (non-hydrogen) atoms. The Morgan fingerprint density at radius 2 is 1.88 bits per heavy atom. The van der Waals surface area contributed by atoms with E-state index in [2.05, 4.69) is 9.97 Å². The molecule has 2 aliphatic rings. The zero-order chi connectivity index (χ0) is 28.7. The van der Waals surface area contributed by atoms with Gasteiger partial charge in [0, 0.05) is 49.0 Å². The summed E-state index contributed by atoms with van der Waals surface area (Å²) in [4.78, 5) is 22.9. The van der Waals surface area contributed by atoms with Gasteiger partial charge in [0.2, 0.25) is 5.95 Å². The van der Waals surface area contributed by atoms with E-state index in [0.717, 1.165) is 40.7 Å². The van der Waals surface area contributed by atoms with Crippen LogP contribution in [0.3, 0.4) is 0 Å². The molecule has 2 N–H and O–H groups in total. The van der Waals surface area contributed by atoms with E-state index in [1.54, 1.807) is 23.2 Å². The van der Waals surface area contributed by atoms with Crippen molar-refractivity contribution in [3.05, 3.63) is 71.9 Å². The first kappa shape index (κ1) is 27.7. The Balaban J connectivity index is 1.59. The van der Waals surface area contributed by atoms with Crippen molar-refractivity contribution in [3.63, 3.8) is 0 Å². The second-order valence-electron chi connectivity index (χ2n) is 11.4. The third kappa shape index (κ3) is 5.98. The van der Waals surface area contributed by atoms with Crippen LogP contribution >= 0.6 is 0 Å². The molecule has 1 fully saturated rings. The number of alkyl halides is 2. The molecule has 3 aromatic rings. The normalized spacial score (nSPS) is 18.9. The number of ether oxygens (including phenoxy) is 1. The Morgan fingerprint density at radius 1 is 1.07 bits per heavy atom. The van der Waals surface area contributed by atoms with Crippen LogP contribution in [0.5, 0.6) is 0 Å². The monoisotopic (exact) mass is 550 g/mol. The van der Waals surface area contributed by atoms with Crippen molar-refractivity contribution in [1.82, 2.24) is 14.9 Å². The lowest BCUT2D eigenvalue weighted by Crippen LogP contribution is -2.36. The molecule has 0 spiro atoms. The van der Waals surface area contributed by atoms with Crippen molar-refractivity contribution in [3.8, 4) is 22.3 Å².